The van der Waals surface area contributed by atoms with Gasteiger partial charge in [-0.2, -0.15) is 55.6 Å². The van der Waals surface area contributed by atoms with Crippen LogP contribution in [0, 0.1) is 0 Å². The zero-order valence-electron chi connectivity index (χ0n) is 71.0. The van der Waals surface area contributed by atoms with Gasteiger partial charge in [0.05, 0.1) is 124 Å². The van der Waals surface area contributed by atoms with Gasteiger partial charge in [-0.1, -0.05) is 55.7 Å². The molecular formula is C92H88N26O8S2. The molecule has 1 aliphatic heterocycles. The summed E-state index contributed by atoms with van der Waals surface area (Å²) in [5.41, 5.74) is 18.4. The molecule has 2 fully saturated rings. The monoisotopic (exact) mass is 1750 g/mol. The predicted molar refractivity (Wildman–Crippen MR) is 483 cm³/mol. The Labute approximate surface area is 733 Å². The van der Waals surface area contributed by atoms with Crippen molar-refractivity contribution in [2.24, 2.45) is 0 Å². The molecule has 0 unspecified atom stereocenters. The van der Waals surface area contributed by atoms with Crippen LogP contribution < -0.4 is 14.4 Å². The standard InChI is InChI=1S/C27H30N8O2.C23H23N7.C21H18N6O2S.C21H17N5O4S/c1-27(2,3)37-26(36)32-10-7-21(8-11-32)34-17-20(14-30-34)19-12-24-23(28-13-19)16-31-35(24)18-22-15-29-25-6-4-5-9-33(22)25;1-2-6-19(7-3-1)29-15-18(12-26-29)17-10-22-21(24-11-17)14-27-30(22)16-20-13-25-23-8-4-5-9-28(20)23;1-25(2)17-8-6-15(7-9-17)16-11-19-18(22-12-16)13-24-27(19)30(28,29)21-14-23-20-5-3-4-10-26(20)21;1-29-15-6-7-19(30-2)16(10-15)14-9-18-17(22-11-14)12-24-26(18)31(27,28)21-13-23-20-5-3-4-8-25(20)21/h4-6,9,12-17,21H,7-8,10-11,18H2,1-3H3;4-5,8-15,19H,1-3,6-7,16H2;3-14H,1-2H3;3-13H,1-2H3. The Balaban J connectivity index is 0.000000111. The maximum absolute atomic E-state index is 13.4. The van der Waals surface area contributed by atoms with Crippen molar-refractivity contribution in [2.75, 3.05) is 46.3 Å². The molecule has 1 saturated heterocycles. The van der Waals surface area contributed by atoms with Gasteiger partial charge in [-0.15, -0.1) is 0 Å². The minimum absolute atomic E-state index is 0.0115. The summed E-state index contributed by atoms with van der Waals surface area (Å²) in [6.45, 7) is 8.22. The number of likely N-dealkylation sites (tertiary alicyclic amines) is 1. The van der Waals surface area contributed by atoms with E-state index >= 15 is 0 Å². The first-order valence-corrected chi connectivity index (χ1v) is 44.6. The highest BCUT2D eigenvalue weighted by Crippen LogP contribution is 2.37. The number of hydrogen-bond acceptors (Lipinski definition) is 23. The average Bonchev–Trinajstić information content (AvgIpc) is 1.60. The summed E-state index contributed by atoms with van der Waals surface area (Å²) in [6, 6.07) is 44.5. The fraction of sp³-hybridized carbons (Fsp3) is 0.228. The van der Waals surface area contributed by atoms with Crippen LogP contribution in [0.3, 0.4) is 0 Å². The molecule has 2 aliphatic rings. The fourth-order valence-electron chi connectivity index (χ4n) is 16.2. The molecule has 36 heteroatoms. The van der Waals surface area contributed by atoms with Gasteiger partial charge >= 0.3 is 26.1 Å². The summed E-state index contributed by atoms with van der Waals surface area (Å²) in [4.78, 5) is 51.6. The van der Waals surface area contributed by atoms with E-state index in [1.165, 1.54) is 65.7 Å². The Morgan fingerprint density at radius 2 is 0.844 bits per heavy atom. The van der Waals surface area contributed by atoms with Crippen LogP contribution >= 0.6 is 0 Å². The van der Waals surface area contributed by atoms with E-state index < -0.39 is 25.6 Å². The van der Waals surface area contributed by atoms with Gasteiger partial charge in [-0.25, -0.2) is 24.7 Å². The van der Waals surface area contributed by atoms with Crippen LogP contribution in [-0.2, 0) is 37.9 Å². The lowest BCUT2D eigenvalue weighted by Gasteiger charge is -2.33. The van der Waals surface area contributed by atoms with Crippen molar-refractivity contribution in [3.8, 4) is 56.0 Å². The van der Waals surface area contributed by atoms with E-state index in [-0.39, 0.29) is 22.2 Å². The zero-order valence-corrected chi connectivity index (χ0v) is 72.6. The van der Waals surface area contributed by atoms with Crippen LogP contribution in [0.2, 0.25) is 0 Å². The Morgan fingerprint density at radius 1 is 0.414 bits per heavy atom. The number of aromatic nitrogens is 24. The molecule has 128 heavy (non-hydrogen) atoms. The van der Waals surface area contributed by atoms with E-state index in [4.69, 9.17) is 14.2 Å². The number of methoxy groups -OCH3 is 2. The van der Waals surface area contributed by atoms with Crippen LogP contribution in [-0.4, -0.2) is 190 Å². The second-order valence-electron chi connectivity index (χ2n) is 32.4. The largest absolute Gasteiger partial charge is 0.497 e. The molecule has 0 N–H and O–H groups in total. The Hall–Kier alpha value is -15.3. The lowest BCUT2D eigenvalue weighted by molar-refractivity contribution is 0.0184. The third kappa shape index (κ3) is 16.4. The topological polar surface area (TPSA) is 347 Å². The molecule has 2 aromatic carbocycles. The highest BCUT2D eigenvalue weighted by atomic mass is 32.2. The lowest BCUT2D eigenvalue weighted by Crippen LogP contribution is -2.42. The molecule has 646 valence electrons. The van der Waals surface area contributed by atoms with E-state index in [0.29, 0.717) is 82.6 Å². The highest BCUT2D eigenvalue weighted by molar-refractivity contribution is 7.90. The molecule has 0 radical (unpaired) electrons. The third-order valence-electron chi connectivity index (χ3n) is 22.9. The molecule has 18 aromatic heterocycles. The van der Waals surface area contributed by atoms with Crippen molar-refractivity contribution < 1.29 is 35.8 Å². The van der Waals surface area contributed by atoms with E-state index in [0.717, 1.165) is 110 Å². The average molecular weight is 1750 g/mol. The zero-order chi connectivity index (χ0) is 88.0. The number of nitrogens with zero attached hydrogens (tertiary/aromatic N) is 26. The van der Waals surface area contributed by atoms with Crippen LogP contribution in [0.1, 0.15) is 89.2 Å². The summed E-state index contributed by atoms with van der Waals surface area (Å²) in [7, 11) is -0.889. The van der Waals surface area contributed by atoms with Gasteiger partial charge in [0.2, 0.25) is 0 Å². The number of anilines is 1. The second kappa shape index (κ2) is 34.3. The van der Waals surface area contributed by atoms with Crippen LogP contribution in [0.4, 0.5) is 10.5 Å². The summed E-state index contributed by atoms with van der Waals surface area (Å²) in [5, 5.41) is 26.8. The minimum Gasteiger partial charge on any atom is -0.497 e. The first-order chi connectivity index (χ1) is 62.2. The summed E-state index contributed by atoms with van der Waals surface area (Å²) in [6.07, 6.45) is 43.4. The Morgan fingerprint density at radius 3 is 1.32 bits per heavy atom. The van der Waals surface area contributed by atoms with Gasteiger partial charge in [0, 0.05) is 134 Å². The van der Waals surface area contributed by atoms with Gasteiger partial charge < -0.3 is 32.8 Å². The maximum atomic E-state index is 13.4. The SMILES string of the molecule is CC(C)(C)OC(=O)N1CCC(n2cc(-c3cnc4cnn(Cc5cnc6ccccn56)c4c3)cn2)CC1.CN(C)c1ccc(-c2cnc3cnn(S(=O)(=O)c4cnc5ccccn45)c3c2)cc1.COc1ccc(OC)c(-c2cnc3cnn(S(=O)(=O)c4cnc5ccccn45)c3c2)c1.c1ccn2c(Cn3ncc4ncc(-c5cnn(C6CCCCC6)c5)cc43)cnc2c1. The molecule has 1 saturated carbocycles. The number of hydrogen-bond donors (Lipinski definition) is 0. The summed E-state index contributed by atoms with van der Waals surface area (Å²) < 4.78 is 87.2. The smallest absolute Gasteiger partial charge is 0.410 e. The number of piperidine rings is 1. The molecule has 0 bridgehead atoms. The molecule has 0 atom stereocenters. The van der Waals surface area contributed by atoms with E-state index in [2.05, 4.69) is 108 Å². The first kappa shape index (κ1) is 82.3. The first-order valence-electron chi connectivity index (χ1n) is 41.7. The quantitative estimate of drug-likeness (QED) is 0.0817. The van der Waals surface area contributed by atoms with Gasteiger partial charge in [-0.05, 0) is 155 Å². The van der Waals surface area contributed by atoms with E-state index in [9.17, 15) is 21.6 Å². The van der Waals surface area contributed by atoms with Crippen LogP contribution in [0.5, 0.6) is 11.5 Å². The number of ether oxygens (including phenoxy) is 3. The van der Waals surface area contributed by atoms with Gasteiger partial charge in [0.15, 0.2) is 10.1 Å². The molecule has 22 rings (SSSR count). The van der Waals surface area contributed by atoms with Crippen molar-refractivity contribution in [3.63, 3.8) is 0 Å². The van der Waals surface area contributed by atoms with Gasteiger partial charge in [0.1, 0.15) is 72.8 Å². The van der Waals surface area contributed by atoms with Crippen LogP contribution in [0.15, 0.2) is 274 Å². The lowest BCUT2D eigenvalue weighted by atomic mass is 9.96. The van der Waals surface area contributed by atoms with Crippen LogP contribution in [0.25, 0.3) is 111 Å². The number of carbonyl (C=O) groups is 1. The molecular weight excluding hydrogens is 1660 g/mol. The van der Waals surface area contributed by atoms with Crippen molar-refractivity contribution >= 4 is 98.5 Å². The molecule has 1 amide bonds. The number of rotatable bonds is 17. The molecule has 19 heterocycles. The highest BCUT2D eigenvalue weighted by Gasteiger charge is 2.31. The fourth-order valence-corrected chi connectivity index (χ4v) is 18.9. The van der Waals surface area contributed by atoms with E-state index in [1.54, 1.807) is 117 Å². The molecule has 34 nitrogen and oxygen atoms in total. The van der Waals surface area contributed by atoms with Gasteiger partial charge in [-0.3, -0.25) is 47.5 Å². The number of pyridine rings is 8. The van der Waals surface area contributed by atoms with Crippen molar-refractivity contribution in [1.82, 2.24) is 120 Å². The second-order valence-corrected chi connectivity index (χ2v) is 35.9. The maximum Gasteiger partial charge on any atom is 0.410 e. The summed E-state index contributed by atoms with van der Waals surface area (Å²) in [5.74, 6) is 1.25. The van der Waals surface area contributed by atoms with Crippen molar-refractivity contribution in [3.05, 3.63) is 275 Å². The molecule has 1 aliphatic carbocycles. The normalized spacial score (nSPS) is 13.6. The molecule has 20 aromatic rings. The Kier molecular flexibility index (Phi) is 22.1. The van der Waals surface area contributed by atoms with Crippen molar-refractivity contribution in [1.29, 1.82) is 0 Å². The molecule has 0 spiro atoms. The number of carbonyl (C=O) groups excluding carboxylic acids is 1. The van der Waals surface area contributed by atoms with Crippen molar-refractivity contribution in [2.45, 2.75) is 107 Å². The predicted octanol–water partition coefficient (Wildman–Crippen LogP) is 15.1. The number of fused-ring (bicyclic) bond motifs is 8. The Bertz CT molecular complexity index is 7720. The number of amides is 1. The van der Waals surface area contributed by atoms with E-state index in [1.807, 2.05) is 170 Å². The minimum atomic E-state index is -4.02. The number of imidazole rings is 4. The number of benzene rings is 2. The van der Waals surface area contributed by atoms with Gasteiger partial charge in [0.25, 0.3) is 0 Å². The summed E-state index contributed by atoms with van der Waals surface area (Å²) >= 11 is 0. The third-order valence-corrected chi connectivity index (χ3v) is 26.0.